The number of carbonyl (C=O) groups is 1. The molecule has 0 spiro atoms. The fourth-order valence-corrected chi connectivity index (χ4v) is 6.36. The monoisotopic (exact) mass is 434 g/mol. The Hall–Kier alpha value is -1.70. The summed E-state index contributed by atoms with van der Waals surface area (Å²) in [6, 6.07) is 11.1. The van der Waals surface area contributed by atoms with Crippen molar-refractivity contribution in [1.82, 2.24) is 9.62 Å². The van der Waals surface area contributed by atoms with E-state index in [-0.39, 0.29) is 11.3 Å². The molecule has 158 valence electrons. The zero-order chi connectivity index (χ0) is 21.1. The molecule has 1 saturated heterocycles. The van der Waals surface area contributed by atoms with E-state index in [2.05, 4.69) is 26.1 Å². The van der Waals surface area contributed by atoms with Crippen LogP contribution < -0.4 is 5.32 Å². The van der Waals surface area contributed by atoms with Crippen molar-refractivity contribution in [2.45, 2.75) is 62.6 Å². The van der Waals surface area contributed by atoms with E-state index in [0.29, 0.717) is 29.4 Å². The fourth-order valence-electron chi connectivity index (χ4n) is 3.39. The number of benzene rings is 1. The van der Waals surface area contributed by atoms with E-state index < -0.39 is 10.0 Å². The lowest BCUT2D eigenvalue weighted by molar-refractivity contribution is 0.0951. The molecule has 0 unspecified atom stereocenters. The number of nitrogens with zero attached hydrogens (tertiary/aromatic N) is 1. The van der Waals surface area contributed by atoms with Gasteiger partial charge >= 0.3 is 0 Å². The Morgan fingerprint density at radius 3 is 2.21 bits per heavy atom. The molecule has 1 aliphatic heterocycles. The van der Waals surface area contributed by atoms with Crippen LogP contribution in [0.3, 0.4) is 0 Å². The normalized spacial score (nSPS) is 16.4. The molecule has 3 rings (SSSR count). The van der Waals surface area contributed by atoms with Crippen LogP contribution in [0.2, 0.25) is 0 Å². The van der Waals surface area contributed by atoms with E-state index in [1.54, 1.807) is 16.4 Å². The second kappa shape index (κ2) is 8.98. The summed E-state index contributed by atoms with van der Waals surface area (Å²) >= 11 is 1.24. The van der Waals surface area contributed by atoms with E-state index in [0.717, 1.165) is 30.6 Å². The van der Waals surface area contributed by atoms with Crippen LogP contribution in [0.15, 0.2) is 40.6 Å². The molecule has 0 atom stereocenters. The zero-order valence-corrected chi connectivity index (χ0v) is 19.0. The van der Waals surface area contributed by atoms with Crippen molar-refractivity contribution >= 4 is 27.3 Å². The molecule has 2 heterocycles. The number of rotatable bonds is 5. The summed E-state index contributed by atoms with van der Waals surface area (Å²) in [5.74, 6) is -0.157. The number of nitrogens with one attached hydrogen (secondary N) is 1. The fraction of sp³-hybridized carbons (Fsp3) is 0.500. The molecule has 1 amide bonds. The van der Waals surface area contributed by atoms with Gasteiger partial charge in [0.1, 0.15) is 4.21 Å². The summed E-state index contributed by atoms with van der Waals surface area (Å²) in [6.07, 6.45) is 4.01. The average Bonchev–Trinajstić information content (AvgIpc) is 2.99. The Morgan fingerprint density at radius 2 is 1.62 bits per heavy atom. The van der Waals surface area contributed by atoms with Gasteiger partial charge in [-0.2, -0.15) is 4.31 Å². The van der Waals surface area contributed by atoms with Gasteiger partial charge in [0.15, 0.2) is 0 Å². The van der Waals surface area contributed by atoms with Crippen LogP contribution in [0, 0.1) is 0 Å². The van der Waals surface area contributed by atoms with Crippen molar-refractivity contribution in [2.75, 3.05) is 13.1 Å². The summed E-state index contributed by atoms with van der Waals surface area (Å²) in [7, 11) is -3.43. The first-order valence-corrected chi connectivity index (χ1v) is 12.4. The van der Waals surface area contributed by atoms with Crippen molar-refractivity contribution in [3.63, 3.8) is 0 Å². The van der Waals surface area contributed by atoms with Crippen molar-refractivity contribution in [3.8, 4) is 0 Å². The van der Waals surface area contributed by atoms with Crippen molar-refractivity contribution in [3.05, 3.63) is 52.4 Å². The lowest BCUT2D eigenvalue weighted by atomic mass is 9.87. The number of hydrogen-bond acceptors (Lipinski definition) is 4. The predicted molar refractivity (Wildman–Crippen MR) is 118 cm³/mol. The van der Waals surface area contributed by atoms with E-state index in [1.165, 1.54) is 16.9 Å². The Bertz CT molecular complexity index is 933. The van der Waals surface area contributed by atoms with E-state index in [1.807, 2.05) is 24.3 Å². The second-order valence-electron chi connectivity index (χ2n) is 8.55. The van der Waals surface area contributed by atoms with Crippen LogP contribution >= 0.6 is 11.3 Å². The SMILES string of the molecule is CC(C)(C)c1ccc(C(=O)NCc2ccc(S(=O)(=O)N3CCCCCC3)s2)cc1. The van der Waals surface area contributed by atoms with E-state index in [4.69, 9.17) is 0 Å². The molecule has 2 aromatic rings. The Balaban J connectivity index is 1.62. The minimum atomic E-state index is -3.43. The number of hydrogen-bond donors (Lipinski definition) is 1. The van der Waals surface area contributed by atoms with Gasteiger partial charge in [0.05, 0.1) is 6.54 Å². The van der Waals surface area contributed by atoms with Crippen LogP contribution in [-0.4, -0.2) is 31.7 Å². The lowest BCUT2D eigenvalue weighted by Gasteiger charge is -2.19. The highest BCUT2D eigenvalue weighted by molar-refractivity contribution is 7.91. The van der Waals surface area contributed by atoms with Crippen LogP contribution in [0.25, 0.3) is 0 Å². The van der Waals surface area contributed by atoms with Gasteiger partial charge in [-0.25, -0.2) is 8.42 Å². The molecular weight excluding hydrogens is 404 g/mol. The van der Waals surface area contributed by atoms with Gasteiger partial charge in [-0.3, -0.25) is 4.79 Å². The molecule has 1 fully saturated rings. The van der Waals surface area contributed by atoms with Crippen molar-refractivity contribution in [1.29, 1.82) is 0 Å². The van der Waals surface area contributed by atoms with Crippen LogP contribution in [-0.2, 0) is 22.0 Å². The maximum absolute atomic E-state index is 12.9. The van der Waals surface area contributed by atoms with Gasteiger partial charge in [0.2, 0.25) is 0 Å². The maximum Gasteiger partial charge on any atom is 0.252 e. The Labute approximate surface area is 178 Å². The standard InChI is InChI=1S/C22H30N2O3S2/c1-22(2,3)18-10-8-17(9-11-18)21(25)23-16-19-12-13-20(28-19)29(26,27)24-14-6-4-5-7-15-24/h8-13H,4-7,14-16H2,1-3H3,(H,23,25). The quantitative estimate of drug-likeness (QED) is 0.751. The smallest absolute Gasteiger partial charge is 0.252 e. The molecular formula is C22H30N2O3S2. The average molecular weight is 435 g/mol. The molecule has 0 radical (unpaired) electrons. The Morgan fingerprint density at radius 1 is 1.00 bits per heavy atom. The molecule has 7 heteroatoms. The van der Waals surface area contributed by atoms with Gasteiger partial charge in [-0.05, 0) is 48.1 Å². The van der Waals surface area contributed by atoms with Crippen molar-refractivity contribution < 1.29 is 13.2 Å². The van der Waals surface area contributed by atoms with Gasteiger partial charge in [-0.15, -0.1) is 11.3 Å². The highest BCUT2D eigenvalue weighted by atomic mass is 32.2. The Kier molecular flexibility index (Phi) is 6.81. The third-order valence-electron chi connectivity index (χ3n) is 5.23. The highest BCUT2D eigenvalue weighted by Crippen LogP contribution is 2.27. The molecule has 1 aromatic carbocycles. The zero-order valence-electron chi connectivity index (χ0n) is 17.4. The molecule has 29 heavy (non-hydrogen) atoms. The summed E-state index contributed by atoms with van der Waals surface area (Å²) in [5, 5.41) is 2.89. The number of sulfonamides is 1. The summed E-state index contributed by atoms with van der Waals surface area (Å²) < 4.78 is 27.7. The highest BCUT2D eigenvalue weighted by Gasteiger charge is 2.26. The molecule has 0 aliphatic carbocycles. The van der Waals surface area contributed by atoms with Gasteiger partial charge in [0.25, 0.3) is 15.9 Å². The predicted octanol–water partition coefficient (Wildman–Crippen LogP) is 4.54. The number of thiophene rings is 1. The molecule has 0 saturated carbocycles. The largest absolute Gasteiger partial charge is 0.347 e. The van der Waals surface area contributed by atoms with Crippen molar-refractivity contribution in [2.24, 2.45) is 0 Å². The molecule has 1 aromatic heterocycles. The van der Waals surface area contributed by atoms with Gasteiger partial charge in [0, 0.05) is 23.5 Å². The summed E-state index contributed by atoms with van der Waals surface area (Å²) in [4.78, 5) is 13.3. The molecule has 1 N–H and O–H groups in total. The van der Waals surface area contributed by atoms with E-state index in [9.17, 15) is 13.2 Å². The molecule has 0 bridgehead atoms. The number of carbonyl (C=O) groups excluding carboxylic acids is 1. The van der Waals surface area contributed by atoms with Crippen LogP contribution in [0.4, 0.5) is 0 Å². The summed E-state index contributed by atoms with van der Waals surface area (Å²) in [6.45, 7) is 7.91. The molecule has 1 aliphatic rings. The first kappa shape index (κ1) is 22.0. The summed E-state index contributed by atoms with van der Waals surface area (Å²) in [5.41, 5.74) is 1.82. The molecule has 5 nitrogen and oxygen atoms in total. The third kappa shape index (κ3) is 5.47. The van der Waals surface area contributed by atoms with Crippen LogP contribution in [0.5, 0.6) is 0 Å². The minimum absolute atomic E-state index is 0.0429. The van der Waals surface area contributed by atoms with E-state index >= 15 is 0 Å². The topological polar surface area (TPSA) is 66.5 Å². The lowest BCUT2D eigenvalue weighted by Crippen LogP contribution is -2.31. The van der Waals surface area contributed by atoms with Crippen LogP contribution in [0.1, 0.15) is 67.3 Å². The minimum Gasteiger partial charge on any atom is -0.347 e. The first-order chi connectivity index (χ1) is 13.7. The van der Waals surface area contributed by atoms with Gasteiger partial charge < -0.3 is 5.32 Å². The third-order valence-corrected chi connectivity index (χ3v) is 8.68. The van der Waals surface area contributed by atoms with Gasteiger partial charge in [-0.1, -0.05) is 45.7 Å². The number of amides is 1. The second-order valence-corrected chi connectivity index (χ2v) is 11.9. The maximum atomic E-state index is 12.9. The first-order valence-electron chi connectivity index (χ1n) is 10.2.